The molecule has 1 aromatic heterocycles. The molecule has 0 radical (unpaired) electrons. The van der Waals surface area contributed by atoms with Gasteiger partial charge >= 0.3 is 5.97 Å². The number of carbonyl (C=O) groups is 1. The summed E-state index contributed by atoms with van der Waals surface area (Å²) in [6.45, 7) is 6.31. The van der Waals surface area contributed by atoms with Crippen molar-refractivity contribution >= 4 is 23.3 Å². The minimum absolute atomic E-state index is 0.289. The molecule has 128 valence electrons. The van der Waals surface area contributed by atoms with Crippen molar-refractivity contribution in [2.24, 2.45) is 4.99 Å². The number of esters is 1. The third-order valence-corrected chi connectivity index (χ3v) is 4.00. The zero-order valence-electron chi connectivity index (χ0n) is 14.0. The van der Waals surface area contributed by atoms with Crippen LogP contribution in [0.2, 0.25) is 0 Å². The van der Waals surface area contributed by atoms with E-state index in [4.69, 9.17) is 4.74 Å². The molecule has 0 aliphatic carbocycles. The molecule has 0 fully saturated rings. The van der Waals surface area contributed by atoms with E-state index in [0.717, 1.165) is 18.1 Å². The first-order valence-corrected chi connectivity index (χ1v) is 8.96. The Bertz CT molecular complexity index is 651. The second-order valence-corrected chi connectivity index (χ2v) is 5.88. The predicted octanol–water partition coefficient (Wildman–Crippen LogP) is 3.18. The zero-order chi connectivity index (χ0) is 17.2. The highest BCUT2D eigenvalue weighted by Crippen LogP contribution is 2.08. The largest absolute Gasteiger partial charge is 0.462 e. The first-order chi connectivity index (χ1) is 11.7. The average molecular weight is 345 g/mol. The molecule has 0 aliphatic rings. The van der Waals surface area contributed by atoms with E-state index in [9.17, 15) is 4.79 Å². The second kappa shape index (κ2) is 9.72. The molecule has 5 nitrogen and oxygen atoms in total. The fraction of sp³-hybridized carbons (Fsp3) is 0.333. The van der Waals surface area contributed by atoms with E-state index in [2.05, 4.69) is 32.5 Å². The van der Waals surface area contributed by atoms with Gasteiger partial charge in [-0.15, -0.1) is 0 Å². The number of rotatable bonds is 7. The molecule has 0 unspecified atom stereocenters. The molecule has 0 saturated heterocycles. The fourth-order valence-corrected chi connectivity index (χ4v) is 2.71. The van der Waals surface area contributed by atoms with Crippen molar-refractivity contribution < 1.29 is 9.53 Å². The Morgan fingerprint density at radius 3 is 2.54 bits per heavy atom. The Morgan fingerprint density at radius 1 is 1.12 bits per heavy atom. The number of aliphatic imine (C=N–C) groups is 1. The highest BCUT2D eigenvalue weighted by atomic mass is 32.1. The van der Waals surface area contributed by atoms with Crippen LogP contribution in [0.1, 0.15) is 35.3 Å². The van der Waals surface area contributed by atoms with Crippen molar-refractivity contribution in [1.82, 2.24) is 10.6 Å². The SMILES string of the molecule is CCNC(=NCc1ccsc1)NCc1ccc(C(=O)OCC)cc1. The summed E-state index contributed by atoms with van der Waals surface area (Å²) in [4.78, 5) is 16.2. The second-order valence-electron chi connectivity index (χ2n) is 5.10. The van der Waals surface area contributed by atoms with Gasteiger partial charge in [0.25, 0.3) is 0 Å². The van der Waals surface area contributed by atoms with E-state index in [-0.39, 0.29) is 5.97 Å². The first-order valence-electron chi connectivity index (χ1n) is 8.02. The number of thiophene rings is 1. The topological polar surface area (TPSA) is 62.7 Å². The first kappa shape index (κ1) is 18.0. The van der Waals surface area contributed by atoms with Gasteiger partial charge in [0, 0.05) is 13.1 Å². The summed E-state index contributed by atoms with van der Waals surface area (Å²) in [5, 5.41) is 10.7. The van der Waals surface area contributed by atoms with Crippen LogP contribution < -0.4 is 10.6 Å². The van der Waals surface area contributed by atoms with Gasteiger partial charge in [0.2, 0.25) is 0 Å². The van der Waals surface area contributed by atoms with Gasteiger partial charge in [0.05, 0.1) is 18.7 Å². The normalized spacial score (nSPS) is 11.2. The number of hydrogen-bond donors (Lipinski definition) is 2. The zero-order valence-corrected chi connectivity index (χ0v) is 14.9. The lowest BCUT2D eigenvalue weighted by molar-refractivity contribution is 0.0526. The Morgan fingerprint density at radius 2 is 1.92 bits per heavy atom. The smallest absolute Gasteiger partial charge is 0.338 e. The summed E-state index contributed by atoms with van der Waals surface area (Å²) in [7, 11) is 0. The maximum atomic E-state index is 11.6. The summed E-state index contributed by atoms with van der Waals surface area (Å²) in [5.41, 5.74) is 2.85. The van der Waals surface area contributed by atoms with Gasteiger partial charge in [-0.2, -0.15) is 11.3 Å². The summed E-state index contributed by atoms with van der Waals surface area (Å²) in [5.74, 6) is 0.487. The van der Waals surface area contributed by atoms with E-state index in [1.54, 1.807) is 30.4 Å². The van der Waals surface area contributed by atoms with Crippen LogP contribution in [0.5, 0.6) is 0 Å². The van der Waals surface area contributed by atoms with Crippen LogP contribution in [0.3, 0.4) is 0 Å². The third kappa shape index (κ3) is 5.70. The molecule has 0 saturated carbocycles. The number of carbonyl (C=O) groups excluding carboxylic acids is 1. The van der Waals surface area contributed by atoms with E-state index < -0.39 is 0 Å². The Labute approximate surface area is 146 Å². The van der Waals surface area contributed by atoms with Crippen molar-refractivity contribution in [2.75, 3.05) is 13.2 Å². The van der Waals surface area contributed by atoms with Gasteiger partial charge in [-0.05, 0) is 53.9 Å². The predicted molar refractivity (Wildman–Crippen MR) is 98.4 cm³/mol. The van der Waals surface area contributed by atoms with Crippen LogP contribution in [0, 0.1) is 0 Å². The summed E-state index contributed by atoms with van der Waals surface area (Å²) in [6, 6.07) is 9.48. The molecular formula is C18H23N3O2S. The molecule has 0 amide bonds. The fourth-order valence-electron chi connectivity index (χ4n) is 2.05. The van der Waals surface area contributed by atoms with E-state index in [1.165, 1.54) is 5.56 Å². The van der Waals surface area contributed by atoms with Crippen LogP contribution in [0.4, 0.5) is 0 Å². The van der Waals surface area contributed by atoms with Crippen molar-refractivity contribution in [3.63, 3.8) is 0 Å². The van der Waals surface area contributed by atoms with Gasteiger partial charge in [0.15, 0.2) is 5.96 Å². The maximum Gasteiger partial charge on any atom is 0.338 e. The Kier molecular flexibility index (Phi) is 7.29. The number of nitrogens with one attached hydrogen (secondary N) is 2. The monoisotopic (exact) mass is 345 g/mol. The molecule has 0 bridgehead atoms. The molecule has 0 aliphatic heterocycles. The minimum atomic E-state index is -0.289. The highest BCUT2D eigenvalue weighted by Gasteiger charge is 2.06. The Balaban J connectivity index is 1.91. The van der Waals surface area contributed by atoms with Crippen LogP contribution in [-0.4, -0.2) is 25.1 Å². The number of nitrogens with zero attached hydrogens (tertiary/aromatic N) is 1. The molecular weight excluding hydrogens is 322 g/mol. The number of benzene rings is 1. The van der Waals surface area contributed by atoms with Gasteiger partial charge in [-0.3, -0.25) is 0 Å². The summed E-state index contributed by atoms with van der Waals surface area (Å²) < 4.78 is 4.98. The lowest BCUT2D eigenvalue weighted by Gasteiger charge is -2.11. The number of ether oxygens (including phenoxy) is 1. The highest BCUT2D eigenvalue weighted by molar-refractivity contribution is 7.07. The Hall–Kier alpha value is -2.34. The molecule has 6 heteroatoms. The van der Waals surface area contributed by atoms with Gasteiger partial charge < -0.3 is 15.4 Å². The molecule has 2 rings (SSSR count). The van der Waals surface area contributed by atoms with Crippen LogP contribution in [-0.2, 0) is 17.8 Å². The molecule has 2 aromatic rings. The van der Waals surface area contributed by atoms with Gasteiger partial charge in [0.1, 0.15) is 0 Å². The summed E-state index contributed by atoms with van der Waals surface area (Å²) in [6.07, 6.45) is 0. The lowest BCUT2D eigenvalue weighted by atomic mass is 10.1. The average Bonchev–Trinajstić information content (AvgIpc) is 3.11. The molecule has 0 atom stereocenters. The van der Waals surface area contributed by atoms with E-state index >= 15 is 0 Å². The van der Waals surface area contributed by atoms with Crippen molar-refractivity contribution in [3.8, 4) is 0 Å². The van der Waals surface area contributed by atoms with Crippen molar-refractivity contribution in [1.29, 1.82) is 0 Å². The van der Waals surface area contributed by atoms with Crippen LogP contribution in [0.15, 0.2) is 46.1 Å². The van der Waals surface area contributed by atoms with Crippen LogP contribution >= 0.6 is 11.3 Å². The van der Waals surface area contributed by atoms with Crippen molar-refractivity contribution in [3.05, 3.63) is 57.8 Å². The molecule has 0 spiro atoms. The molecule has 1 heterocycles. The summed E-state index contributed by atoms with van der Waals surface area (Å²) >= 11 is 1.67. The lowest BCUT2D eigenvalue weighted by Crippen LogP contribution is -2.36. The standard InChI is InChI=1S/C18H23N3O2S/c1-3-19-18(21-12-15-9-10-24-13-15)20-11-14-5-7-16(8-6-14)17(22)23-4-2/h5-10,13H,3-4,11-12H2,1-2H3,(H2,19,20,21). The van der Waals surface area contributed by atoms with E-state index in [1.807, 2.05) is 19.1 Å². The number of hydrogen-bond acceptors (Lipinski definition) is 4. The maximum absolute atomic E-state index is 11.6. The molecule has 24 heavy (non-hydrogen) atoms. The van der Waals surface area contributed by atoms with Crippen LogP contribution in [0.25, 0.3) is 0 Å². The van der Waals surface area contributed by atoms with Crippen molar-refractivity contribution in [2.45, 2.75) is 26.9 Å². The third-order valence-electron chi connectivity index (χ3n) is 3.27. The number of guanidine groups is 1. The minimum Gasteiger partial charge on any atom is -0.462 e. The van der Waals surface area contributed by atoms with E-state index in [0.29, 0.717) is 25.3 Å². The molecule has 1 aromatic carbocycles. The quantitative estimate of drug-likeness (QED) is 0.460. The van der Waals surface area contributed by atoms with Gasteiger partial charge in [-0.1, -0.05) is 12.1 Å². The van der Waals surface area contributed by atoms with Gasteiger partial charge in [-0.25, -0.2) is 9.79 Å². The molecule has 2 N–H and O–H groups in total.